The van der Waals surface area contributed by atoms with Gasteiger partial charge < -0.3 is 20.1 Å². The van der Waals surface area contributed by atoms with E-state index in [0.717, 1.165) is 0 Å². The van der Waals surface area contributed by atoms with Crippen LogP contribution in [0, 0.1) is 0 Å². The summed E-state index contributed by atoms with van der Waals surface area (Å²) in [5, 5.41) is 32.2. The predicted molar refractivity (Wildman–Crippen MR) is 66.6 cm³/mol. The molecule has 8 nitrogen and oxygen atoms in total. The van der Waals surface area contributed by atoms with Gasteiger partial charge in [0.2, 0.25) is 0 Å². The summed E-state index contributed by atoms with van der Waals surface area (Å²) in [6, 6.07) is 8.04. The Hall–Kier alpha value is -1.96. The van der Waals surface area contributed by atoms with Crippen molar-refractivity contribution in [2.24, 2.45) is 5.11 Å². The molecule has 3 N–H and O–H groups in total. The Labute approximate surface area is 113 Å². The van der Waals surface area contributed by atoms with Crippen LogP contribution in [0.4, 0.5) is 0 Å². The molecule has 1 aliphatic heterocycles. The number of hydrogen-bond donors (Lipinski definition) is 3. The third kappa shape index (κ3) is 2.26. The number of nitrogens with zero attached hydrogens (tertiary/aromatic N) is 3. The number of ether oxygens (including phenoxy) is 1. The maximum Gasteiger partial charge on any atom is 0.199 e. The van der Waals surface area contributed by atoms with Crippen LogP contribution in [0.2, 0.25) is 0 Å². The third-order valence-corrected chi connectivity index (χ3v) is 3.18. The molecule has 0 saturated carbocycles. The normalized spacial score (nSPS) is 32.6. The summed E-state index contributed by atoms with van der Waals surface area (Å²) in [4.78, 5) is 14.7. The van der Waals surface area contributed by atoms with E-state index < -0.39 is 36.4 Å². The summed E-state index contributed by atoms with van der Waals surface area (Å²) in [5.74, 6) is -0.569. The SMILES string of the molecule is [N-]=[N+]=N[C@]1(CO)O[C@@H](C(=O)c2ccccc2)C(O)[C@@H]1O. The topological polar surface area (TPSA) is 136 Å². The van der Waals surface area contributed by atoms with Crippen LogP contribution in [0.5, 0.6) is 0 Å². The minimum atomic E-state index is -2.05. The Balaban J connectivity index is 2.31. The van der Waals surface area contributed by atoms with Crippen LogP contribution in [-0.4, -0.2) is 51.7 Å². The van der Waals surface area contributed by atoms with Gasteiger partial charge in [-0.15, -0.1) is 0 Å². The second kappa shape index (κ2) is 5.58. The lowest BCUT2D eigenvalue weighted by molar-refractivity contribution is -0.0997. The highest BCUT2D eigenvalue weighted by molar-refractivity contribution is 6.00. The predicted octanol–water partition coefficient (Wildman–Crippen LogP) is -0.0112. The van der Waals surface area contributed by atoms with Gasteiger partial charge in [0.1, 0.15) is 18.3 Å². The van der Waals surface area contributed by atoms with E-state index in [-0.39, 0.29) is 5.56 Å². The van der Waals surface area contributed by atoms with Crippen molar-refractivity contribution in [2.75, 3.05) is 6.61 Å². The molecule has 0 aliphatic carbocycles. The van der Waals surface area contributed by atoms with Crippen molar-refractivity contribution < 1.29 is 24.9 Å². The fourth-order valence-electron chi connectivity index (χ4n) is 2.09. The Morgan fingerprint density at radius 2 is 2.05 bits per heavy atom. The van der Waals surface area contributed by atoms with Crippen molar-refractivity contribution in [3.05, 3.63) is 46.3 Å². The van der Waals surface area contributed by atoms with Gasteiger partial charge in [0, 0.05) is 10.5 Å². The molecule has 1 unspecified atom stereocenters. The van der Waals surface area contributed by atoms with Crippen LogP contribution in [0.15, 0.2) is 35.4 Å². The fourth-order valence-corrected chi connectivity index (χ4v) is 2.09. The summed E-state index contributed by atoms with van der Waals surface area (Å²) in [5.41, 5.74) is 6.68. The van der Waals surface area contributed by atoms with Crippen LogP contribution in [0.1, 0.15) is 10.4 Å². The highest BCUT2D eigenvalue weighted by atomic mass is 16.6. The van der Waals surface area contributed by atoms with Gasteiger partial charge in [-0.2, -0.15) is 0 Å². The molecule has 1 aromatic carbocycles. The molecule has 8 heteroatoms. The Bertz CT molecular complexity index is 545. The molecule has 1 aliphatic rings. The maximum absolute atomic E-state index is 12.2. The second-order valence-corrected chi connectivity index (χ2v) is 4.40. The number of hydrogen-bond acceptors (Lipinski definition) is 6. The zero-order valence-corrected chi connectivity index (χ0v) is 10.3. The van der Waals surface area contributed by atoms with Crippen LogP contribution in [0.3, 0.4) is 0 Å². The highest BCUT2D eigenvalue weighted by Crippen LogP contribution is 2.34. The molecule has 106 valence electrons. The molecule has 0 amide bonds. The highest BCUT2D eigenvalue weighted by Gasteiger charge is 2.56. The lowest BCUT2D eigenvalue weighted by Crippen LogP contribution is -2.44. The summed E-state index contributed by atoms with van der Waals surface area (Å²) >= 11 is 0. The first kappa shape index (κ1) is 14.4. The number of aliphatic hydroxyl groups is 3. The van der Waals surface area contributed by atoms with Crippen LogP contribution >= 0.6 is 0 Å². The van der Waals surface area contributed by atoms with Gasteiger partial charge in [-0.05, 0) is 5.53 Å². The summed E-state index contributed by atoms with van der Waals surface area (Å²) < 4.78 is 5.16. The number of benzene rings is 1. The van der Waals surface area contributed by atoms with E-state index in [1.807, 2.05) is 0 Å². The Morgan fingerprint density at radius 3 is 2.60 bits per heavy atom. The monoisotopic (exact) mass is 279 g/mol. The van der Waals surface area contributed by atoms with Gasteiger partial charge >= 0.3 is 0 Å². The van der Waals surface area contributed by atoms with E-state index in [0.29, 0.717) is 0 Å². The molecule has 2 rings (SSSR count). The lowest BCUT2D eigenvalue weighted by atomic mass is 9.98. The Morgan fingerprint density at radius 1 is 1.40 bits per heavy atom. The van der Waals surface area contributed by atoms with Crippen LogP contribution in [0.25, 0.3) is 10.4 Å². The fraction of sp³-hybridized carbons (Fsp3) is 0.417. The lowest BCUT2D eigenvalue weighted by Gasteiger charge is -2.23. The average Bonchev–Trinajstić information content (AvgIpc) is 2.73. The minimum Gasteiger partial charge on any atom is -0.393 e. The van der Waals surface area contributed by atoms with Gasteiger partial charge in [-0.1, -0.05) is 35.4 Å². The van der Waals surface area contributed by atoms with E-state index in [4.69, 9.17) is 10.3 Å². The Kier molecular flexibility index (Phi) is 4.03. The molecule has 1 fully saturated rings. The van der Waals surface area contributed by atoms with E-state index in [2.05, 4.69) is 10.0 Å². The molecule has 1 aromatic rings. The zero-order chi connectivity index (χ0) is 14.8. The van der Waals surface area contributed by atoms with Crippen LogP contribution in [-0.2, 0) is 4.74 Å². The molecule has 0 bridgehead atoms. The summed E-state index contributed by atoms with van der Waals surface area (Å²) in [6.07, 6.45) is -4.70. The number of azide groups is 1. The average molecular weight is 279 g/mol. The molecule has 0 spiro atoms. The molecule has 0 radical (unpaired) electrons. The number of carbonyl (C=O) groups excluding carboxylic acids is 1. The van der Waals surface area contributed by atoms with Gasteiger partial charge in [0.15, 0.2) is 11.5 Å². The molecular weight excluding hydrogens is 266 g/mol. The van der Waals surface area contributed by atoms with Gasteiger partial charge in [-0.3, -0.25) is 4.79 Å². The number of Topliss-reactive ketones (excluding diaryl/α,β-unsaturated/α-hetero) is 1. The summed E-state index contributed by atoms with van der Waals surface area (Å²) in [7, 11) is 0. The largest absolute Gasteiger partial charge is 0.393 e. The van der Waals surface area contributed by atoms with Crippen molar-refractivity contribution in [1.82, 2.24) is 0 Å². The first-order valence-corrected chi connectivity index (χ1v) is 5.86. The quantitative estimate of drug-likeness (QED) is 0.308. The van der Waals surface area contributed by atoms with E-state index in [1.165, 1.54) is 12.1 Å². The number of rotatable bonds is 4. The molecule has 1 heterocycles. The van der Waals surface area contributed by atoms with Crippen molar-refractivity contribution >= 4 is 5.78 Å². The molecular formula is C12H13N3O5. The van der Waals surface area contributed by atoms with E-state index in [9.17, 15) is 20.1 Å². The summed E-state index contributed by atoms with van der Waals surface area (Å²) in [6.45, 7) is -0.853. The molecule has 20 heavy (non-hydrogen) atoms. The minimum absolute atomic E-state index is 0.276. The van der Waals surface area contributed by atoms with Gasteiger partial charge in [0.25, 0.3) is 0 Å². The second-order valence-electron chi connectivity index (χ2n) is 4.40. The van der Waals surface area contributed by atoms with E-state index >= 15 is 0 Å². The first-order chi connectivity index (χ1) is 9.55. The molecule has 4 atom stereocenters. The maximum atomic E-state index is 12.2. The van der Waals surface area contributed by atoms with Crippen molar-refractivity contribution in [1.29, 1.82) is 0 Å². The molecule has 0 aromatic heterocycles. The molecule has 1 saturated heterocycles. The number of aliphatic hydroxyl groups excluding tert-OH is 3. The first-order valence-electron chi connectivity index (χ1n) is 5.86. The number of carbonyl (C=O) groups is 1. The number of ketones is 1. The van der Waals surface area contributed by atoms with Crippen molar-refractivity contribution in [3.63, 3.8) is 0 Å². The van der Waals surface area contributed by atoms with Gasteiger partial charge in [0.05, 0.1) is 6.61 Å². The smallest absolute Gasteiger partial charge is 0.199 e. The third-order valence-electron chi connectivity index (χ3n) is 3.18. The van der Waals surface area contributed by atoms with Crippen molar-refractivity contribution in [3.8, 4) is 0 Å². The van der Waals surface area contributed by atoms with Gasteiger partial charge in [-0.25, -0.2) is 0 Å². The zero-order valence-electron chi connectivity index (χ0n) is 10.3. The van der Waals surface area contributed by atoms with Crippen LogP contribution < -0.4 is 0 Å². The standard InChI is InChI=1S/C12H13N3O5/c13-15-14-12(6-16)11(19)9(18)10(20-12)8(17)7-4-2-1-3-5-7/h1-5,9-11,16,18-19H,6H2/t9?,10-,11-,12+/m0/s1. The van der Waals surface area contributed by atoms with E-state index in [1.54, 1.807) is 18.2 Å². The van der Waals surface area contributed by atoms with Crippen molar-refractivity contribution in [2.45, 2.75) is 24.0 Å².